The summed E-state index contributed by atoms with van der Waals surface area (Å²) in [6.45, 7) is -0.220. The second-order valence-corrected chi connectivity index (χ2v) is 6.31. The van der Waals surface area contributed by atoms with Gasteiger partial charge in [0.25, 0.3) is 5.91 Å². The smallest absolute Gasteiger partial charge is 0.305 e. The van der Waals surface area contributed by atoms with Crippen molar-refractivity contribution in [1.82, 2.24) is 5.32 Å². The Morgan fingerprint density at radius 2 is 1.95 bits per heavy atom. The molecule has 22 heavy (non-hydrogen) atoms. The maximum atomic E-state index is 12.0. The van der Waals surface area contributed by atoms with E-state index in [1.165, 1.54) is 6.07 Å². The number of nitrogens with one attached hydrogen (secondary N) is 1. The molecule has 120 valence electrons. The molecule has 0 spiro atoms. The monoisotopic (exact) mass is 345 g/mol. The second-order valence-electron chi connectivity index (χ2n) is 5.47. The number of hydrogen-bond donors (Lipinski definition) is 2. The number of amides is 1. The van der Waals surface area contributed by atoms with E-state index in [1.54, 1.807) is 12.1 Å². The largest absolute Gasteiger partial charge is 0.482 e. The molecule has 0 radical (unpaired) electrons. The van der Waals surface area contributed by atoms with Crippen molar-refractivity contribution in [2.45, 2.75) is 37.6 Å². The third-order valence-electron chi connectivity index (χ3n) is 3.71. The van der Waals surface area contributed by atoms with Crippen molar-refractivity contribution in [3.05, 3.63) is 28.2 Å². The van der Waals surface area contributed by atoms with Crippen LogP contribution in [-0.4, -0.2) is 29.1 Å². The lowest BCUT2D eigenvalue weighted by atomic mass is 9.93. The molecule has 7 heteroatoms. The van der Waals surface area contributed by atoms with Gasteiger partial charge in [0.1, 0.15) is 5.75 Å². The fourth-order valence-electron chi connectivity index (χ4n) is 2.75. The highest BCUT2D eigenvalue weighted by Crippen LogP contribution is 2.32. The van der Waals surface area contributed by atoms with Crippen LogP contribution in [0.5, 0.6) is 5.75 Å². The summed E-state index contributed by atoms with van der Waals surface area (Å²) in [7, 11) is 0. The molecule has 1 saturated carbocycles. The average Bonchev–Trinajstić information content (AvgIpc) is 2.84. The molecular formula is C15H17Cl2NO4. The Morgan fingerprint density at radius 3 is 2.55 bits per heavy atom. The van der Waals surface area contributed by atoms with E-state index in [2.05, 4.69) is 5.32 Å². The zero-order chi connectivity index (χ0) is 16.2. The number of hydrogen-bond acceptors (Lipinski definition) is 3. The minimum Gasteiger partial charge on any atom is -0.482 e. The normalized spacial score (nSPS) is 16.3. The molecule has 2 rings (SSSR count). The first kappa shape index (κ1) is 16.9. The Balaban J connectivity index is 1.92. The molecule has 0 aromatic heterocycles. The molecule has 0 heterocycles. The molecule has 1 amide bonds. The standard InChI is InChI=1S/C15H17Cl2NO4/c16-10-3-4-12(11(17)7-10)22-9-13(19)18-15(8-14(20)21)5-1-2-6-15/h3-4,7H,1-2,5-6,8-9H2,(H,18,19)(H,20,21). The van der Waals surface area contributed by atoms with Crippen molar-refractivity contribution in [2.75, 3.05) is 6.61 Å². The highest BCUT2D eigenvalue weighted by molar-refractivity contribution is 6.35. The molecule has 0 unspecified atom stereocenters. The molecular weight excluding hydrogens is 329 g/mol. The number of halogens is 2. The molecule has 0 aliphatic heterocycles. The van der Waals surface area contributed by atoms with E-state index in [0.717, 1.165) is 12.8 Å². The Kier molecular flexibility index (Phi) is 5.53. The van der Waals surface area contributed by atoms with E-state index in [4.69, 9.17) is 33.0 Å². The van der Waals surface area contributed by atoms with Gasteiger partial charge in [-0.25, -0.2) is 0 Å². The fraction of sp³-hybridized carbons (Fsp3) is 0.467. The van der Waals surface area contributed by atoms with Gasteiger partial charge in [-0.15, -0.1) is 0 Å². The van der Waals surface area contributed by atoms with Crippen molar-refractivity contribution in [3.63, 3.8) is 0 Å². The van der Waals surface area contributed by atoms with Crippen molar-refractivity contribution < 1.29 is 19.4 Å². The molecule has 1 aliphatic carbocycles. The molecule has 2 N–H and O–H groups in total. The summed E-state index contributed by atoms with van der Waals surface area (Å²) in [6, 6.07) is 4.73. The van der Waals surface area contributed by atoms with Crippen molar-refractivity contribution >= 4 is 35.1 Å². The SMILES string of the molecule is O=C(O)CC1(NC(=O)COc2ccc(Cl)cc2Cl)CCCC1. The van der Waals surface area contributed by atoms with Crippen LogP contribution in [0.3, 0.4) is 0 Å². The molecule has 0 atom stereocenters. The lowest BCUT2D eigenvalue weighted by Gasteiger charge is -2.28. The summed E-state index contributed by atoms with van der Waals surface area (Å²) in [6.07, 6.45) is 3.11. The van der Waals surface area contributed by atoms with Gasteiger partial charge in [0.15, 0.2) is 6.61 Å². The van der Waals surface area contributed by atoms with Crippen LogP contribution in [-0.2, 0) is 9.59 Å². The van der Waals surface area contributed by atoms with Crippen LogP contribution in [0.25, 0.3) is 0 Å². The van der Waals surface area contributed by atoms with Crippen LogP contribution < -0.4 is 10.1 Å². The molecule has 0 bridgehead atoms. The van der Waals surface area contributed by atoms with Crippen LogP contribution in [0.2, 0.25) is 10.0 Å². The molecule has 1 fully saturated rings. The van der Waals surface area contributed by atoms with Gasteiger partial charge in [-0.1, -0.05) is 36.0 Å². The number of ether oxygens (including phenoxy) is 1. The predicted molar refractivity (Wildman–Crippen MR) is 83.6 cm³/mol. The summed E-state index contributed by atoms with van der Waals surface area (Å²) >= 11 is 11.7. The second kappa shape index (κ2) is 7.20. The van der Waals surface area contributed by atoms with Crippen molar-refractivity contribution in [2.24, 2.45) is 0 Å². The molecule has 5 nitrogen and oxygen atoms in total. The van der Waals surface area contributed by atoms with E-state index in [9.17, 15) is 9.59 Å². The van der Waals surface area contributed by atoms with Gasteiger partial charge in [0, 0.05) is 5.02 Å². The van der Waals surface area contributed by atoms with Crippen LogP contribution in [0, 0.1) is 0 Å². The summed E-state index contributed by atoms with van der Waals surface area (Å²) in [4.78, 5) is 23.0. The van der Waals surface area contributed by atoms with Gasteiger partial charge in [0.2, 0.25) is 0 Å². The minimum absolute atomic E-state index is 0.0690. The first-order valence-electron chi connectivity index (χ1n) is 7.01. The first-order chi connectivity index (χ1) is 10.4. The van der Waals surface area contributed by atoms with Gasteiger partial charge < -0.3 is 15.2 Å². The molecule has 1 aliphatic rings. The van der Waals surface area contributed by atoms with Crippen LogP contribution >= 0.6 is 23.2 Å². The van der Waals surface area contributed by atoms with Crippen LogP contribution in [0.15, 0.2) is 18.2 Å². The van der Waals surface area contributed by atoms with Crippen molar-refractivity contribution in [1.29, 1.82) is 0 Å². The van der Waals surface area contributed by atoms with Gasteiger partial charge in [-0.2, -0.15) is 0 Å². The first-order valence-corrected chi connectivity index (χ1v) is 7.76. The van der Waals surface area contributed by atoms with Gasteiger partial charge in [0.05, 0.1) is 17.0 Å². The van der Waals surface area contributed by atoms with Crippen LogP contribution in [0.1, 0.15) is 32.1 Å². The Bertz CT molecular complexity index is 571. The van der Waals surface area contributed by atoms with Crippen LogP contribution in [0.4, 0.5) is 0 Å². The van der Waals surface area contributed by atoms with E-state index < -0.39 is 11.5 Å². The Labute approximate surface area is 138 Å². The Hall–Kier alpha value is -1.46. The fourth-order valence-corrected chi connectivity index (χ4v) is 3.22. The summed E-state index contributed by atoms with van der Waals surface area (Å²) in [5.41, 5.74) is -0.657. The summed E-state index contributed by atoms with van der Waals surface area (Å²) < 4.78 is 5.36. The third-order valence-corrected chi connectivity index (χ3v) is 4.24. The van der Waals surface area contributed by atoms with E-state index in [1.807, 2.05) is 0 Å². The maximum Gasteiger partial charge on any atom is 0.305 e. The predicted octanol–water partition coefficient (Wildman–Crippen LogP) is 3.28. The zero-order valence-electron chi connectivity index (χ0n) is 11.9. The molecule has 1 aromatic carbocycles. The zero-order valence-corrected chi connectivity index (χ0v) is 13.4. The number of carboxylic acids is 1. The quantitative estimate of drug-likeness (QED) is 0.829. The van der Waals surface area contributed by atoms with Gasteiger partial charge in [-0.3, -0.25) is 9.59 Å². The summed E-state index contributed by atoms with van der Waals surface area (Å²) in [5.74, 6) is -0.905. The maximum absolute atomic E-state index is 12.0. The third kappa shape index (κ3) is 4.52. The molecule has 0 saturated heterocycles. The average molecular weight is 346 g/mol. The van der Waals surface area contributed by atoms with E-state index in [-0.39, 0.29) is 18.9 Å². The van der Waals surface area contributed by atoms with E-state index >= 15 is 0 Å². The lowest BCUT2D eigenvalue weighted by Crippen LogP contribution is -2.49. The highest BCUT2D eigenvalue weighted by atomic mass is 35.5. The topological polar surface area (TPSA) is 75.6 Å². The van der Waals surface area contributed by atoms with Gasteiger partial charge in [-0.05, 0) is 31.0 Å². The molecule has 1 aromatic rings. The van der Waals surface area contributed by atoms with Gasteiger partial charge >= 0.3 is 5.97 Å². The lowest BCUT2D eigenvalue weighted by molar-refractivity contribution is -0.139. The van der Waals surface area contributed by atoms with Crippen molar-refractivity contribution in [3.8, 4) is 5.75 Å². The number of rotatable bonds is 6. The number of aliphatic carboxylic acids is 1. The number of carboxylic acid groups (broad SMARTS) is 1. The van der Waals surface area contributed by atoms with E-state index in [0.29, 0.717) is 28.6 Å². The Morgan fingerprint density at radius 1 is 1.27 bits per heavy atom. The highest BCUT2D eigenvalue weighted by Gasteiger charge is 2.37. The summed E-state index contributed by atoms with van der Waals surface area (Å²) in [5, 5.41) is 12.6. The minimum atomic E-state index is -0.913. The number of benzene rings is 1. The number of carbonyl (C=O) groups excluding carboxylic acids is 1. The number of carbonyl (C=O) groups is 2.